The smallest absolute Gasteiger partial charge is 0.456 e. The quantitative estimate of drug-likeness (QED) is 0.199. The standard InChI is InChI=1S/C24H41F5O4/c1-10-19(5,6)15-21(9,20(7,8)11-2)18(31)33-22(12-3,13-4)14-17(30)32-16-23(25,26)24(27,28)29/h10-16H2,1-9H3. The lowest BCUT2D eigenvalue weighted by molar-refractivity contribution is -0.294. The van der Waals surface area contributed by atoms with Gasteiger partial charge in [0.2, 0.25) is 0 Å². The molecule has 1 unspecified atom stereocenters. The Morgan fingerprint density at radius 1 is 0.758 bits per heavy atom. The molecule has 0 fully saturated rings. The molecule has 33 heavy (non-hydrogen) atoms. The van der Waals surface area contributed by atoms with E-state index in [1.54, 1.807) is 13.8 Å². The van der Waals surface area contributed by atoms with Crippen LogP contribution in [-0.2, 0) is 19.1 Å². The van der Waals surface area contributed by atoms with Gasteiger partial charge < -0.3 is 9.47 Å². The van der Waals surface area contributed by atoms with Crippen LogP contribution in [-0.4, -0.2) is 36.2 Å². The Kier molecular flexibility index (Phi) is 10.4. The van der Waals surface area contributed by atoms with Gasteiger partial charge in [0.15, 0.2) is 6.61 Å². The van der Waals surface area contributed by atoms with E-state index in [4.69, 9.17) is 4.74 Å². The van der Waals surface area contributed by atoms with E-state index in [2.05, 4.69) is 18.6 Å². The van der Waals surface area contributed by atoms with Gasteiger partial charge in [-0.25, -0.2) is 0 Å². The lowest BCUT2D eigenvalue weighted by atomic mass is 9.58. The van der Waals surface area contributed by atoms with Gasteiger partial charge in [-0.2, -0.15) is 22.0 Å². The van der Waals surface area contributed by atoms with E-state index in [-0.39, 0.29) is 18.3 Å². The van der Waals surface area contributed by atoms with Crippen LogP contribution in [0.15, 0.2) is 0 Å². The van der Waals surface area contributed by atoms with Gasteiger partial charge in [-0.15, -0.1) is 0 Å². The molecule has 196 valence electrons. The predicted molar refractivity (Wildman–Crippen MR) is 117 cm³/mol. The van der Waals surface area contributed by atoms with E-state index in [0.29, 0.717) is 12.8 Å². The average Bonchev–Trinajstić information content (AvgIpc) is 2.70. The number of hydrogen-bond donors (Lipinski definition) is 0. The maximum Gasteiger partial charge on any atom is 0.456 e. The van der Waals surface area contributed by atoms with Crippen molar-refractivity contribution < 1.29 is 41.0 Å². The lowest BCUT2D eigenvalue weighted by Crippen LogP contribution is -2.50. The van der Waals surface area contributed by atoms with Crippen LogP contribution >= 0.6 is 0 Å². The molecule has 0 aromatic rings. The molecule has 0 aromatic carbocycles. The van der Waals surface area contributed by atoms with Crippen LogP contribution in [0.3, 0.4) is 0 Å². The molecule has 0 amide bonds. The zero-order valence-electron chi connectivity index (χ0n) is 21.5. The summed E-state index contributed by atoms with van der Waals surface area (Å²) in [6.45, 7) is 15.1. The van der Waals surface area contributed by atoms with E-state index in [0.717, 1.165) is 6.42 Å². The summed E-state index contributed by atoms with van der Waals surface area (Å²) < 4.78 is 73.5. The van der Waals surface area contributed by atoms with Gasteiger partial charge in [0.1, 0.15) is 5.60 Å². The van der Waals surface area contributed by atoms with E-state index < -0.39 is 53.5 Å². The molecular formula is C24H41F5O4. The van der Waals surface area contributed by atoms with Crippen molar-refractivity contribution >= 4 is 11.9 Å². The second-order valence-corrected chi connectivity index (χ2v) is 10.6. The Morgan fingerprint density at radius 3 is 1.61 bits per heavy atom. The zero-order chi connectivity index (χ0) is 26.5. The van der Waals surface area contributed by atoms with Crippen molar-refractivity contribution in [1.82, 2.24) is 0 Å². The molecule has 9 heteroatoms. The molecule has 0 heterocycles. The molecule has 0 saturated heterocycles. The molecule has 0 aliphatic rings. The number of esters is 2. The van der Waals surface area contributed by atoms with E-state index >= 15 is 0 Å². The number of carbonyl (C=O) groups excluding carboxylic acids is 2. The molecule has 1 atom stereocenters. The van der Waals surface area contributed by atoms with Crippen LogP contribution in [0.25, 0.3) is 0 Å². The predicted octanol–water partition coefficient (Wildman–Crippen LogP) is 7.49. The minimum absolute atomic E-state index is 0.166. The number of halogens is 5. The highest BCUT2D eigenvalue weighted by atomic mass is 19.4. The van der Waals surface area contributed by atoms with Crippen LogP contribution in [0.2, 0.25) is 0 Å². The maximum absolute atomic E-state index is 13.6. The Bertz CT molecular complexity index is 666. The third-order valence-electron chi connectivity index (χ3n) is 7.51. The van der Waals surface area contributed by atoms with Crippen molar-refractivity contribution in [2.75, 3.05) is 6.61 Å². The van der Waals surface area contributed by atoms with Crippen molar-refractivity contribution in [1.29, 1.82) is 0 Å². The first-order chi connectivity index (χ1) is 14.7. The molecule has 0 aromatic heterocycles. The minimum atomic E-state index is -5.83. The Balaban J connectivity index is 5.81. The number of hydrogen-bond acceptors (Lipinski definition) is 4. The first-order valence-corrected chi connectivity index (χ1v) is 11.5. The molecule has 0 bridgehead atoms. The van der Waals surface area contributed by atoms with E-state index in [1.165, 1.54) is 0 Å². The third kappa shape index (κ3) is 7.81. The summed E-state index contributed by atoms with van der Waals surface area (Å²) in [6, 6.07) is 0. The fraction of sp³-hybridized carbons (Fsp3) is 0.917. The first kappa shape index (κ1) is 31.6. The SMILES string of the molecule is CCC(C)(C)CC(C)(C(=O)OC(CC)(CC)CC(=O)OCC(F)(F)C(F)(F)F)C(C)(C)CC. The summed E-state index contributed by atoms with van der Waals surface area (Å²) in [5, 5.41) is 0. The molecular weight excluding hydrogens is 447 g/mol. The minimum Gasteiger partial charge on any atom is -0.459 e. The number of carbonyl (C=O) groups is 2. The number of rotatable bonds is 13. The van der Waals surface area contributed by atoms with Gasteiger partial charge >= 0.3 is 24.0 Å². The summed E-state index contributed by atoms with van der Waals surface area (Å²) in [4.78, 5) is 25.8. The van der Waals surface area contributed by atoms with Crippen LogP contribution in [0.1, 0.15) is 101 Å². The van der Waals surface area contributed by atoms with E-state index in [9.17, 15) is 31.5 Å². The Morgan fingerprint density at radius 2 is 1.24 bits per heavy atom. The van der Waals surface area contributed by atoms with Gasteiger partial charge in [-0.3, -0.25) is 9.59 Å². The molecule has 0 radical (unpaired) electrons. The highest BCUT2D eigenvalue weighted by molar-refractivity contribution is 5.79. The first-order valence-electron chi connectivity index (χ1n) is 11.5. The molecule has 0 aliphatic carbocycles. The lowest BCUT2D eigenvalue weighted by Gasteiger charge is -2.47. The molecule has 0 rings (SSSR count). The van der Waals surface area contributed by atoms with Crippen molar-refractivity contribution in [2.45, 2.75) is 119 Å². The monoisotopic (exact) mass is 488 g/mol. The number of ether oxygens (including phenoxy) is 2. The summed E-state index contributed by atoms with van der Waals surface area (Å²) in [5.41, 5.74) is -2.93. The second-order valence-electron chi connectivity index (χ2n) is 10.6. The molecule has 0 aliphatic heterocycles. The van der Waals surface area contributed by atoms with Gasteiger partial charge in [0, 0.05) is 0 Å². The molecule has 0 spiro atoms. The van der Waals surface area contributed by atoms with Crippen LogP contribution in [0, 0.1) is 16.2 Å². The van der Waals surface area contributed by atoms with Crippen molar-refractivity contribution in [2.24, 2.45) is 16.2 Å². The highest BCUT2D eigenvalue weighted by Crippen LogP contribution is 2.51. The fourth-order valence-electron chi connectivity index (χ4n) is 3.62. The molecule has 4 nitrogen and oxygen atoms in total. The number of alkyl halides is 5. The maximum atomic E-state index is 13.6. The van der Waals surface area contributed by atoms with Crippen molar-refractivity contribution in [3.8, 4) is 0 Å². The fourth-order valence-corrected chi connectivity index (χ4v) is 3.62. The van der Waals surface area contributed by atoms with Crippen LogP contribution < -0.4 is 0 Å². The Labute approximate surface area is 195 Å². The van der Waals surface area contributed by atoms with Crippen molar-refractivity contribution in [3.63, 3.8) is 0 Å². The summed E-state index contributed by atoms with van der Waals surface area (Å²) in [7, 11) is 0. The summed E-state index contributed by atoms with van der Waals surface area (Å²) >= 11 is 0. The van der Waals surface area contributed by atoms with Gasteiger partial charge in [-0.05, 0) is 43.4 Å². The largest absolute Gasteiger partial charge is 0.459 e. The van der Waals surface area contributed by atoms with Gasteiger partial charge in [-0.1, -0.05) is 61.8 Å². The molecule has 0 N–H and O–H groups in total. The summed E-state index contributed by atoms with van der Waals surface area (Å²) in [5.74, 6) is -6.95. The molecule has 0 saturated carbocycles. The van der Waals surface area contributed by atoms with E-state index in [1.807, 2.05) is 34.6 Å². The highest BCUT2D eigenvalue weighted by Gasteiger charge is 2.58. The normalized spacial score (nSPS) is 15.7. The Hall–Kier alpha value is -1.41. The van der Waals surface area contributed by atoms with Crippen LogP contribution in [0.4, 0.5) is 22.0 Å². The summed E-state index contributed by atoms with van der Waals surface area (Å²) in [6.07, 6.45) is -4.09. The van der Waals surface area contributed by atoms with Crippen LogP contribution in [0.5, 0.6) is 0 Å². The average molecular weight is 489 g/mol. The second kappa shape index (κ2) is 10.9. The van der Waals surface area contributed by atoms with Gasteiger partial charge in [0.05, 0.1) is 11.8 Å². The zero-order valence-corrected chi connectivity index (χ0v) is 21.5. The van der Waals surface area contributed by atoms with Crippen molar-refractivity contribution in [3.05, 3.63) is 0 Å². The van der Waals surface area contributed by atoms with Gasteiger partial charge in [0.25, 0.3) is 0 Å². The topological polar surface area (TPSA) is 52.6 Å². The third-order valence-corrected chi connectivity index (χ3v) is 7.51.